The van der Waals surface area contributed by atoms with Crippen LogP contribution in [0.1, 0.15) is 41.6 Å². The molecule has 3 aromatic rings. The summed E-state index contributed by atoms with van der Waals surface area (Å²) in [6.45, 7) is 0.267. The second-order valence-corrected chi connectivity index (χ2v) is 12.8. The number of amides is 1. The summed E-state index contributed by atoms with van der Waals surface area (Å²) in [5, 5.41) is 11.0. The van der Waals surface area contributed by atoms with E-state index in [1.54, 1.807) is 0 Å². The summed E-state index contributed by atoms with van der Waals surface area (Å²) in [6.07, 6.45) is 4.00. The third-order valence-corrected chi connectivity index (χ3v) is 10.3. The fraction of sp³-hybridized carbons (Fsp3) is 0.391. The Morgan fingerprint density at radius 1 is 1.26 bits per heavy atom. The van der Waals surface area contributed by atoms with Gasteiger partial charge in [0.15, 0.2) is 9.84 Å². The summed E-state index contributed by atoms with van der Waals surface area (Å²) >= 11 is 2.21. The first-order valence-corrected chi connectivity index (χ1v) is 13.6. The van der Waals surface area contributed by atoms with E-state index in [4.69, 9.17) is 4.74 Å². The first-order valence-electron chi connectivity index (χ1n) is 11.0. The van der Waals surface area contributed by atoms with Gasteiger partial charge in [0, 0.05) is 22.5 Å². The first-order chi connectivity index (χ1) is 16.2. The summed E-state index contributed by atoms with van der Waals surface area (Å²) in [6, 6.07) is 9.18. The molecule has 1 amide bonds. The number of sulfone groups is 1. The lowest BCUT2D eigenvalue weighted by Gasteiger charge is -2.17. The predicted molar refractivity (Wildman–Crippen MR) is 135 cm³/mol. The molecule has 11 heteroatoms. The zero-order chi connectivity index (χ0) is 24.1. The molecule has 2 fully saturated rings. The SMILES string of the molecule is Cn1c(=O)c(C(=O)NCc2ccc(I)cc2)cc2cnnc(OCC3(S(=O)(=O)C4CC4)CC3)c21. The summed E-state index contributed by atoms with van der Waals surface area (Å²) < 4.78 is 32.9. The second kappa shape index (κ2) is 8.59. The number of nitrogens with one attached hydrogen (secondary N) is 1. The summed E-state index contributed by atoms with van der Waals surface area (Å²) in [5.41, 5.74) is 0.767. The number of pyridine rings is 1. The van der Waals surface area contributed by atoms with Gasteiger partial charge < -0.3 is 14.6 Å². The topological polar surface area (TPSA) is 120 Å². The van der Waals surface area contributed by atoms with Crippen LogP contribution in [0, 0.1) is 3.57 Å². The number of carbonyl (C=O) groups is 1. The number of rotatable bonds is 8. The van der Waals surface area contributed by atoms with E-state index in [9.17, 15) is 18.0 Å². The Kier molecular flexibility index (Phi) is 5.87. The Bertz CT molecular complexity index is 1440. The number of nitrogens with zero attached hydrogens (tertiary/aromatic N) is 3. The zero-order valence-corrected chi connectivity index (χ0v) is 21.4. The van der Waals surface area contributed by atoms with E-state index in [1.165, 1.54) is 23.9 Å². The van der Waals surface area contributed by atoms with E-state index in [2.05, 4.69) is 38.1 Å². The molecule has 2 aliphatic rings. The van der Waals surface area contributed by atoms with Crippen molar-refractivity contribution in [1.29, 1.82) is 0 Å². The molecule has 1 aromatic carbocycles. The quantitative estimate of drug-likeness (QED) is 0.398. The van der Waals surface area contributed by atoms with Gasteiger partial charge in [0.1, 0.15) is 22.4 Å². The molecule has 0 radical (unpaired) electrons. The highest BCUT2D eigenvalue weighted by Crippen LogP contribution is 2.50. The van der Waals surface area contributed by atoms with E-state index in [1.807, 2.05) is 24.3 Å². The van der Waals surface area contributed by atoms with Gasteiger partial charge in [0.2, 0.25) is 0 Å². The molecular weight excluding hydrogens is 571 g/mol. The van der Waals surface area contributed by atoms with Crippen molar-refractivity contribution in [2.24, 2.45) is 7.05 Å². The van der Waals surface area contributed by atoms with Crippen LogP contribution in [0.5, 0.6) is 5.88 Å². The second-order valence-electron chi connectivity index (χ2n) is 8.90. The molecule has 0 bridgehead atoms. The largest absolute Gasteiger partial charge is 0.473 e. The van der Waals surface area contributed by atoms with Crippen molar-refractivity contribution in [3.63, 3.8) is 0 Å². The van der Waals surface area contributed by atoms with Gasteiger partial charge in [-0.05, 0) is 72.0 Å². The molecule has 2 heterocycles. The zero-order valence-electron chi connectivity index (χ0n) is 18.5. The van der Waals surface area contributed by atoms with Gasteiger partial charge >= 0.3 is 0 Å². The molecule has 1 N–H and O–H groups in total. The van der Waals surface area contributed by atoms with Crippen molar-refractivity contribution in [1.82, 2.24) is 20.1 Å². The van der Waals surface area contributed by atoms with E-state index < -0.39 is 26.1 Å². The summed E-state index contributed by atoms with van der Waals surface area (Å²) in [4.78, 5) is 25.8. The molecule has 0 spiro atoms. The molecule has 2 saturated carbocycles. The number of carbonyl (C=O) groups excluding carboxylic acids is 1. The van der Waals surface area contributed by atoms with Gasteiger partial charge in [-0.1, -0.05) is 12.1 Å². The van der Waals surface area contributed by atoms with Crippen LogP contribution in [0.3, 0.4) is 0 Å². The molecule has 0 atom stereocenters. The van der Waals surface area contributed by atoms with E-state index in [0.29, 0.717) is 36.6 Å². The monoisotopic (exact) mass is 594 g/mol. The van der Waals surface area contributed by atoms with Crippen LogP contribution in [-0.2, 0) is 23.4 Å². The molecule has 0 saturated heterocycles. The Labute approximate surface area is 210 Å². The van der Waals surface area contributed by atoms with Gasteiger partial charge in [-0.2, -0.15) is 5.10 Å². The molecule has 5 rings (SSSR count). The molecule has 0 unspecified atom stereocenters. The van der Waals surface area contributed by atoms with E-state index >= 15 is 0 Å². The molecule has 178 valence electrons. The Morgan fingerprint density at radius 3 is 2.62 bits per heavy atom. The van der Waals surface area contributed by atoms with Crippen molar-refractivity contribution < 1.29 is 17.9 Å². The number of hydrogen-bond acceptors (Lipinski definition) is 7. The number of halogens is 1. The third-order valence-electron chi connectivity index (χ3n) is 6.45. The normalized spacial score (nSPS) is 16.9. The van der Waals surface area contributed by atoms with Crippen LogP contribution in [0.4, 0.5) is 0 Å². The van der Waals surface area contributed by atoms with Crippen LogP contribution in [0.25, 0.3) is 10.9 Å². The lowest BCUT2D eigenvalue weighted by Crippen LogP contribution is -2.34. The molecule has 9 nitrogen and oxygen atoms in total. The molecule has 2 aliphatic carbocycles. The molecule has 2 aromatic heterocycles. The standard InChI is InChI=1S/C23H23IN4O5S/c1-28-19-15(10-18(22(28)30)20(29)25-11-14-2-4-16(24)5-3-14)12-26-27-21(19)33-13-23(8-9-23)34(31,32)17-6-7-17/h2-5,10,12,17H,6-9,11,13H2,1H3,(H,25,29). The van der Waals surface area contributed by atoms with Crippen molar-refractivity contribution in [3.8, 4) is 5.88 Å². The smallest absolute Gasteiger partial charge is 0.263 e. The molecule has 34 heavy (non-hydrogen) atoms. The highest BCUT2D eigenvalue weighted by atomic mass is 127. The number of ether oxygens (including phenoxy) is 1. The van der Waals surface area contributed by atoms with Gasteiger partial charge in [-0.3, -0.25) is 9.59 Å². The lowest BCUT2D eigenvalue weighted by atomic mass is 10.1. The Hall–Kier alpha value is -2.54. The van der Waals surface area contributed by atoms with Crippen molar-refractivity contribution in [2.45, 2.75) is 42.2 Å². The fourth-order valence-corrected chi connectivity index (χ4v) is 6.76. The van der Waals surface area contributed by atoms with Gasteiger partial charge in [0.05, 0.1) is 11.4 Å². The Morgan fingerprint density at radius 2 is 1.97 bits per heavy atom. The minimum Gasteiger partial charge on any atom is -0.473 e. The van der Waals surface area contributed by atoms with Crippen molar-refractivity contribution in [3.05, 3.63) is 61.6 Å². The maximum Gasteiger partial charge on any atom is 0.263 e. The lowest BCUT2D eigenvalue weighted by molar-refractivity contribution is 0.0949. The Balaban J connectivity index is 1.38. The maximum absolute atomic E-state index is 13.0. The highest BCUT2D eigenvalue weighted by molar-refractivity contribution is 14.1. The van der Waals surface area contributed by atoms with Gasteiger partial charge in [-0.25, -0.2) is 8.42 Å². The molecular formula is C23H23IN4O5S. The maximum atomic E-state index is 13.0. The fourth-order valence-electron chi connectivity index (χ4n) is 4.04. The molecule has 0 aliphatic heterocycles. The minimum atomic E-state index is -3.24. The van der Waals surface area contributed by atoms with Crippen LogP contribution < -0.4 is 15.6 Å². The van der Waals surface area contributed by atoms with Crippen LogP contribution in [-0.4, -0.2) is 45.7 Å². The average molecular weight is 594 g/mol. The van der Waals surface area contributed by atoms with Gasteiger partial charge in [0.25, 0.3) is 17.3 Å². The summed E-state index contributed by atoms with van der Waals surface area (Å²) in [5.74, 6) is -0.409. The summed E-state index contributed by atoms with van der Waals surface area (Å²) in [7, 11) is -1.71. The van der Waals surface area contributed by atoms with Crippen LogP contribution >= 0.6 is 22.6 Å². The number of hydrogen-bond donors (Lipinski definition) is 1. The average Bonchev–Trinajstić information content (AvgIpc) is 3.73. The predicted octanol–water partition coefficient (Wildman–Crippen LogP) is 2.35. The third kappa shape index (κ3) is 4.19. The van der Waals surface area contributed by atoms with Crippen LogP contribution in [0.15, 0.2) is 41.3 Å². The number of fused-ring (bicyclic) bond motifs is 1. The number of benzene rings is 1. The van der Waals surface area contributed by atoms with Crippen molar-refractivity contribution >= 4 is 49.2 Å². The van der Waals surface area contributed by atoms with E-state index in [0.717, 1.165) is 9.13 Å². The minimum absolute atomic E-state index is 0.0190. The first kappa shape index (κ1) is 23.2. The van der Waals surface area contributed by atoms with Gasteiger partial charge in [-0.15, -0.1) is 5.10 Å². The highest BCUT2D eigenvalue weighted by Gasteiger charge is 2.60. The number of aromatic nitrogens is 3. The van der Waals surface area contributed by atoms with Crippen molar-refractivity contribution in [2.75, 3.05) is 6.61 Å². The van der Waals surface area contributed by atoms with E-state index in [-0.39, 0.29) is 29.8 Å². The number of aryl methyl sites for hydroxylation is 1. The van der Waals surface area contributed by atoms with Crippen LogP contribution in [0.2, 0.25) is 0 Å².